The van der Waals surface area contributed by atoms with Crippen LogP contribution in [0.3, 0.4) is 0 Å². The molecule has 2 heterocycles. The monoisotopic (exact) mass is 488 g/mol. The van der Waals surface area contributed by atoms with Crippen LogP contribution in [0, 0.1) is 11.6 Å². The third-order valence-corrected chi connectivity index (χ3v) is 6.52. The lowest BCUT2D eigenvalue weighted by molar-refractivity contribution is -0.134. The molecule has 3 aromatic rings. The van der Waals surface area contributed by atoms with E-state index >= 15 is 0 Å². The zero-order chi connectivity index (χ0) is 24.1. The first-order valence-corrected chi connectivity index (χ1v) is 11.4. The number of hydrogen-bond acceptors (Lipinski definition) is 7. The molecule has 11 heteroatoms. The smallest absolute Gasteiger partial charge is 0.286 e. The number of amides is 2. The number of benzene rings is 2. The summed E-state index contributed by atoms with van der Waals surface area (Å²) in [5.41, 5.74) is -0.133. The maximum absolute atomic E-state index is 13.8. The van der Waals surface area contributed by atoms with Gasteiger partial charge in [0.1, 0.15) is 28.1 Å². The minimum Gasteiger partial charge on any atom is -0.497 e. The minimum atomic E-state index is -0.869. The number of nitrogens with zero attached hydrogens (tertiary/aromatic N) is 3. The van der Waals surface area contributed by atoms with E-state index in [1.807, 2.05) is 0 Å². The zero-order valence-electron chi connectivity index (χ0n) is 18.3. The van der Waals surface area contributed by atoms with E-state index in [4.69, 9.17) is 9.47 Å². The number of carbonyl (C=O) groups excluding carboxylic acids is 2. The molecule has 0 spiro atoms. The first kappa shape index (κ1) is 23.6. The van der Waals surface area contributed by atoms with Gasteiger partial charge in [-0.05, 0) is 49.2 Å². The Morgan fingerprint density at radius 1 is 1.09 bits per heavy atom. The van der Waals surface area contributed by atoms with Gasteiger partial charge in [-0.2, -0.15) is 0 Å². The van der Waals surface area contributed by atoms with Gasteiger partial charge in [-0.15, -0.1) is 10.2 Å². The van der Waals surface area contributed by atoms with E-state index < -0.39 is 17.5 Å². The zero-order valence-corrected chi connectivity index (χ0v) is 19.1. The van der Waals surface area contributed by atoms with Crippen LogP contribution in [0.15, 0.2) is 42.5 Å². The molecule has 0 bridgehead atoms. The van der Waals surface area contributed by atoms with E-state index in [-0.39, 0.29) is 29.1 Å². The third-order valence-electron chi connectivity index (χ3n) is 5.43. The summed E-state index contributed by atoms with van der Waals surface area (Å²) < 4.78 is 37.5. The Morgan fingerprint density at radius 3 is 2.47 bits per heavy atom. The Bertz CT molecular complexity index is 1160. The van der Waals surface area contributed by atoms with E-state index in [0.717, 1.165) is 23.5 Å². The summed E-state index contributed by atoms with van der Waals surface area (Å²) in [5.74, 6) is -0.958. The molecular formula is C23H22F2N4O4S. The molecule has 0 saturated carbocycles. The molecule has 178 valence electrons. The van der Waals surface area contributed by atoms with Crippen LogP contribution in [0.2, 0.25) is 0 Å². The fourth-order valence-corrected chi connectivity index (χ4v) is 4.45. The first-order valence-electron chi connectivity index (χ1n) is 10.6. The molecular weight excluding hydrogens is 466 g/mol. The highest BCUT2D eigenvalue weighted by Crippen LogP contribution is 2.30. The quantitative estimate of drug-likeness (QED) is 0.543. The van der Waals surface area contributed by atoms with Crippen LogP contribution in [-0.2, 0) is 4.79 Å². The molecule has 1 aromatic heterocycles. The number of aromatic nitrogens is 2. The van der Waals surface area contributed by atoms with Crippen molar-refractivity contribution in [2.45, 2.75) is 18.8 Å². The Labute approximate surface area is 198 Å². The Hall–Kier alpha value is -3.60. The van der Waals surface area contributed by atoms with Crippen molar-refractivity contribution < 1.29 is 27.8 Å². The van der Waals surface area contributed by atoms with Crippen molar-refractivity contribution in [3.8, 4) is 11.5 Å². The molecule has 1 aliphatic heterocycles. The summed E-state index contributed by atoms with van der Waals surface area (Å²) in [4.78, 5) is 26.6. The van der Waals surface area contributed by atoms with Crippen LogP contribution in [0.5, 0.6) is 11.5 Å². The molecule has 1 N–H and O–H groups in total. The highest BCUT2D eigenvalue weighted by molar-refractivity contribution is 7.13. The highest BCUT2D eigenvalue weighted by atomic mass is 32.1. The van der Waals surface area contributed by atoms with Crippen LogP contribution in [0.1, 0.15) is 33.6 Å². The van der Waals surface area contributed by atoms with Crippen LogP contribution in [0.25, 0.3) is 0 Å². The minimum absolute atomic E-state index is 0.0555. The van der Waals surface area contributed by atoms with Gasteiger partial charge in [-0.3, -0.25) is 9.59 Å². The largest absolute Gasteiger partial charge is 0.497 e. The van der Waals surface area contributed by atoms with Crippen molar-refractivity contribution >= 4 is 28.8 Å². The second-order valence-corrected chi connectivity index (χ2v) is 8.65. The van der Waals surface area contributed by atoms with Gasteiger partial charge in [0.05, 0.1) is 12.8 Å². The normalized spacial score (nSPS) is 14.0. The van der Waals surface area contributed by atoms with Gasteiger partial charge < -0.3 is 19.7 Å². The lowest BCUT2D eigenvalue weighted by Crippen LogP contribution is -2.40. The van der Waals surface area contributed by atoms with E-state index in [0.29, 0.717) is 48.5 Å². The Kier molecular flexibility index (Phi) is 7.31. The number of carbonyl (C=O) groups is 2. The molecule has 0 unspecified atom stereocenters. The fraction of sp³-hybridized carbons (Fsp3) is 0.304. The summed E-state index contributed by atoms with van der Waals surface area (Å²) >= 11 is 1.13. The highest BCUT2D eigenvalue weighted by Gasteiger charge is 2.27. The SMILES string of the molecule is COc1ccc(OCC(=O)N2CCC(c3nnc(C(=O)Nc4ccc(F)cc4F)s3)CC2)cc1. The molecule has 0 radical (unpaired) electrons. The number of anilines is 1. The van der Waals surface area contributed by atoms with Gasteiger partial charge >= 0.3 is 0 Å². The molecule has 0 aliphatic carbocycles. The van der Waals surface area contributed by atoms with Gasteiger partial charge in [-0.1, -0.05) is 11.3 Å². The number of methoxy groups -OCH3 is 1. The number of rotatable bonds is 7. The molecule has 1 saturated heterocycles. The third kappa shape index (κ3) is 5.66. The van der Waals surface area contributed by atoms with Crippen molar-refractivity contribution in [1.29, 1.82) is 0 Å². The second kappa shape index (κ2) is 10.6. The maximum Gasteiger partial charge on any atom is 0.286 e. The van der Waals surface area contributed by atoms with E-state index in [1.54, 1.807) is 36.3 Å². The molecule has 0 atom stereocenters. The average Bonchev–Trinajstić information content (AvgIpc) is 3.35. The molecule has 2 amide bonds. The molecule has 1 fully saturated rings. The lowest BCUT2D eigenvalue weighted by Gasteiger charge is -2.30. The molecule has 2 aromatic carbocycles. The Balaban J connectivity index is 1.27. The summed E-state index contributed by atoms with van der Waals surface area (Å²) in [6.45, 7) is 1.02. The lowest BCUT2D eigenvalue weighted by atomic mass is 9.98. The number of nitrogens with one attached hydrogen (secondary N) is 1. The number of piperidine rings is 1. The summed E-state index contributed by atoms with van der Waals surface area (Å²) in [6.07, 6.45) is 1.36. The number of likely N-dealkylation sites (tertiary alicyclic amines) is 1. The van der Waals surface area contributed by atoms with E-state index in [9.17, 15) is 18.4 Å². The predicted molar refractivity (Wildman–Crippen MR) is 121 cm³/mol. The van der Waals surface area contributed by atoms with Crippen LogP contribution in [-0.4, -0.2) is 53.7 Å². The van der Waals surface area contributed by atoms with E-state index in [2.05, 4.69) is 15.5 Å². The topological polar surface area (TPSA) is 93.7 Å². The fourth-order valence-electron chi connectivity index (χ4n) is 3.54. The van der Waals surface area contributed by atoms with Crippen LogP contribution >= 0.6 is 11.3 Å². The number of ether oxygens (including phenoxy) is 2. The maximum atomic E-state index is 13.8. The van der Waals surface area contributed by atoms with Gasteiger partial charge in [0.2, 0.25) is 5.01 Å². The first-order chi connectivity index (χ1) is 16.4. The molecule has 34 heavy (non-hydrogen) atoms. The van der Waals surface area contributed by atoms with Gasteiger partial charge in [0.25, 0.3) is 11.8 Å². The average molecular weight is 489 g/mol. The standard InChI is InChI=1S/C23H22F2N4O4S/c1-32-16-3-5-17(6-4-16)33-13-20(30)29-10-8-14(9-11-29)22-27-28-23(34-22)21(31)26-19-7-2-15(24)12-18(19)25/h2-7,12,14H,8-11,13H2,1H3,(H,26,31). The summed E-state index contributed by atoms with van der Waals surface area (Å²) in [5, 5.41) is 11.2. The van der Waals surface area contributed by atoms with Crippen molar-refractivity contribution in [1.82, 2.24) is 15.1 Å². The second-order valence-electron chi connectivity index (χ2n) is 7.64. The van der Waals surface area contributed by atoms with E-state index in [1.165, 1.54) is 0 Å². The molecule has 8 nitrogen and oxygen atoms in total. The Morgan fingerprint density at radius 2 is 1.79 bits per heavy atom. The van der Waals surface area contributed by atoms with Gasteiger partial charge in [0, 0.05) is 25.1 Å². The van der Waals surface area contributed by atoms with Crippen molar-refractivity contribution in [3.05, 3.63) is 64.1 Å². The number of hydrogen-bond donors (Lipinski definition) is 1. The summed E-state index contributed by atoms with van der Waals surface area (Å²) in [6, 6.07) is 9.91. The van der Waals surface area contributed by atoms with Gasteiger partial charge in [0.15, 0.2) is 6.61 Å². The van der Waals surface area contributed by atoms with Crippen molar-refractivity contribution in [2.24, 2.45) is 0 Å². The summed E-state index contributed by atoms with van der Waals surface area (Å²) in [7, 11) is 1.58. The predicted octanol–water partition coefficient (Wildman–Crippen LogP) is 3.86. The van der Waals surface area contributed by atoms with Crippen LogP contribution < -0.4 is 14.8 Å². The van der Waals surface area contributed by atoms with Gasteiger partial charge in [-0.25, -0.2) is 8.78 Å². The molecule has 1 aliphatic rings. The van der Waals surface area contributed by atoms with Crippen molar-refractivity contribution in [2.75, 3.05) is 32.1 Å². The molecule has 4 rings (SSSR count). The van der Waals surface area contributed by atoms with Crippen LogP contribution in [0.4, 0.5) is 14.5 Å². The van der Waals surface area contributed by atoms with Crippen molar-refractivity contribution in [3.63, 3.8) is 0 Å². The number of halogens is 2.